The molecule has 1 aromatic heterocycles. The first-order valence-corrected chi connectivity index (χ1v) is 5.69. The van der Waals surface area contributed by atoms with Gasteiger partial charge in [0.25, 0.3) is 0 Å². The third-order valence-corrected chi connectivity index (χ3v) is 3.23. The SMILES string of the molecule is CC(CO)CSc1ncccc1C(F)(F)F. The van der Waals surface area contributed by atoms with E-state index >= 15 is 0 Å². The van der Waals surface area contributed by atoms with Crippen LogP contribution in [0, 0.1) is 5.92 Å². The summed E-state index contributed by atoms with van der Waals surface area (Å²) in [7, 11) is 0. The van der Waals surface area contributed by atoms with Crippen LogP contribution in [0.2, 0.25) is 0 Å². The largest absolute Gasteiger partial charge is 0.419 e. The van der Waals surface area contributed by atoms with E-state index in [-0.39, 0.29) is 17.6 Å². The van der Waals surface area contributed by atoms with Crippen molar-refractivity contribution < 1.29 is 18.3 Å². The van der Waals surface area contributed by atoms with Gasteiger partial charge >= 0.3 is 6.18 Å². The number of pyridine rings is 1. The smallest absolute Gasteiger partial charge is 0.396 e. The fraction of sp³-hybridized carbons (Fsp3) is 0.500. The average Bonchev–Trinajstić information content (AvgIpc) is 2.25. The van der Waals surface area contributed by atoms with Gasteiger partial charge in [-0.15, -0.1) is 11.8 Å². The number of aromatic nitrogens is 1. The maximum atomic E-state index is 12.6. The highest BCUT2D eigenvalue weighted by molar-refractivity contribution is 7.99. The number of halogens is 3. The van der Waals surface area contributed by atoms with Crippen LogP contribution < -0.4 is 0 Å². The normalized spacial score (nSPS) is 13.8. The van der Waals surface area contributed by atoms with Crippen LogP contribution in [0.15, 0.2) is 23.4 Å². The van der Waals surface area contributed by atoms with E-state index in [0.29, 0.717) is 5.75 Å². The number of thioether (sulfide) groups is 1. The predicted molar refractivity (Wildman–Crippen MR) is 56.2 cm³/mol. The fourth-order valence-corrected chi connectivity index (χ4v) is 2.02. The molecule has 0 saturated heterocycles. The summed E-state index contributed by atoms with van der Waals surface area (Å²) < 4.78 is 37.7. The summed E-state index contributed by atoms with van der Waals surface area (Å²) in [5.74, 6) is 0.365. The van der Waals surface area contributed by atoms with Crippen molar-refractivity contribution in [2.75, 3.05) is 12.4 Å². The van der Waals surface area contributed by atoms with E-state index < -0.39 is 11.7 Å². The van der Waals surface area contributed by atoms with Crippen LogP contribution in [0.5, 0.6) is 0 Å². The lowest BCUT2D eigenvalue weighted by molar-refractivity contribution is -0.140. The summed E-state index contributed by atoms with van der Waals surface area (Å²) >= 11 is 1.02. The van der Waals surface area contributed by atoms with Crippen LogP contribution in [0.3, 0.4) is 0 Å². The average molecular weight is 251 g/mol. The Morgan fingerprint density at radius 1 is 1.50 bits per heavy atom. The zero-order chi connectivity index (χ0) is 12.2. The van der Waals surface area contributed by atoms with E-state index in [1.807, 2.05) is 0 Å². The monoisotopic (exact) mass is 251 g/mol. The zero-order valence-corrected chi connectivity index (χ0v) is 9.48. The van der Waals surface area contributed by atoms with Crippen LogP contribution in [0.1, 0.15) is 12.5 Å². The van der Waals surface area contributed by atoms with Crippen molar-refractivity contribution in [1.82, 2.24) is 4.98 Å². The molecule has 1 heterocycles. The molecule has 0 bridgehead atoms. The second-order valence-corrected chi connectivity index (χ2v) is 4.46. The Morgan fingerprint density at radius 2 is 2.19 bits per heavy atom. The van der Waals surface area contributed by atoms with Gasteiger partial charge in [-0.2, -0.15) is 13.2 Å². The molecule has 0 radical (unpaired) electrons. The lowest BCUT2D eigenvalue weighted by Crippen LogP contribution is -2.09. The number of nitrogens with zero attached hydrogens (tertiary/aromatic N) is 1. The number of hydrogen-bond donors (Lipinski definition) is 1. The topological polar surface area (TPSA) is 33.1 Å². The first kappa shape index (κ1) is 13.3. The third-order valence-electron chi connectivity index (χ3n) is 1.89. The van der Waals surface area contributed by atoms with E-state index in [1.165, 1.54) is 12.3 Å². The molecule has 0 saturated carbocycles. The van der Waals surface area contributed by atoms with E-state index in [1.54, 1.807) is 6.92 Å². The molecule has 1 N–H and O–H groups in total. The van der Waals surface area contributed by atoms with Crippen molar-refractivity contribution in [2.24, 2.45) is 5.92 Å². The molecule has 0 aromatic carbocycles. The number of rotatable bonds is 4. The minimum absolute atomic E-state index is 0.0321. The molecular weight excluding hydrogens is 239 g/mol. The molecule has 1 aromatic rings. The molecule has 0 aliphatic carbocycles. The van der Waals surface area contributed by atoms with Crippen molar-refractivity contribution in [3.63, 3.8) is 0 Å². The molecule has 0 amide bonds. The highest BCUT2D eigenvalue weighted by Gasteiger charge is 2.34. The van der Waals surface area contributed by atoms with Crippen LogP contribution in [-0.4, -0.2) is 22.5 Å². The van der Waals surface area contributed by atoms with Gasteiger partial charge in [-0.1, -0.05) is 6.92 Å². The number of alkyl halides is 3. The fourth-order valence-electron chi connectivity index (χ4n) is 0.995. The van der Waals surface area contributed by atoms with Crippen LogP contribution in [0.4, 0.5) is 13.2 Å². The molecule has 6 heteroatoms. The molecule has 2 nitrogen and oxygen atoms in total. The lowest BCUT2D eigenvalue weighted by Gasteiger charge is -2.12. The first-order valence-electron chi connectivity index (χ1n) is 4.71. The lowest BCUT2D eigenvalue weighted by atomic mass is 10.2. The van der Waals surface area contributed by atoms with Gasteiger partial charge in [0.2, 0.25) is 0 Å². The Hall–Kier alpha value is -0.750. The molecule has 1 unspecified atom stereocenters. The number of aliphatic hydroxyl groups excluding tert-OH is 1. The van der Waals surface area contributed by atoms with Crippen molar-refractivity contribution in [3.8, 4) is 0 Å². The van der Waals surface area contributed by atoms with Crippen molar-refractivity contribution >= 4 is 11.8 Å². The molecule has 16 heavy (non-hydrogen) atoms. The van der Waals surface area contributed by atoms with Crippen molar-refractivity contribution in [3.05, 3.63) is 23.9 Å². The van der Waals surface area contributed by atoms with E-state index in [9.17, 15) is 13.2 Å². The van der Waals surface area contributed by atoms with E-state index in [4.69, 9.17) is 5.11 Å². The van der Waals surface area contributed by atoms with E-state index in [2.05, 4.69) is 4.98 Å². The summed E-state index contributed by atoms with van der Waals surface area (Å²) in [5.41, 5.74) is -0.717. The molecule has 0 spiro atoms. The number of hydrogen-bond acceptors (Lipinski definition) is 3. The second kappa shape index (κ2) is 5.54. The number of aliphatic hydroxyl groups is 1. The summed E-state index contributed by atoms with van der Waals surface area (Å²) in [5, 5.41) is 8.75. The minimum atomic E-state index is -4.38. The minimum Gasteiger partial charge on any atom is -0.396 e. The van der Waals surface area contributed by atoms with Gasteiger partial charge < -0.3 is 5.11 Å². The molecule has 0 aliphatic rings. The summed E-state index contributed by atoms with van der Waals surface area (Å²) in [6, 6.07) is 2.28. The summed E-state index contributed by atoms with van der Waals surface area (Å²) in [4.78, 5) is 3.71. The third kappa shape index (κ3) is 3.68. The molecule has 1 rings (SSSR count). The second-order valence-electron chi connectivity index (χ2n) is 3.45. The molecule has 90 valence electrons. The van der Waals surface area contributed by atoms with Crippen molar-refractivity contribution in [2.45, 2.75) is 18.1 Å². The Labute approximate surface area is 95.9 Å². The van der Waals surface area contributed by atoms with Gasteiger partial charge in [0.05, 0.1) is 5.56 Å². The Morgan fingerprint density at radius 3 is 2.75 bits per heavy atom. The maximum Gasteiger partial charge on any atom is 0.419 e. The highest BCUT2D eigenvalue weighted by atomic mass is 32.2. The molecular formula is C10H12F3NOS. The Balaban J connectivity index is 2.80. The van der Waals surface area contributed by atoms with Crippen LogP contribution in [-0.2, 0) is 6.18 Å². The van der Waals surface area contributed by atoms with Crippen LogP contribution >= 0.6 is 11.8 Å². The predicted octanol–water partition coefficient (Wildman–Crippen LogP) is 2.82. The molecule has 1 atom stereocenters. The maximum absolute atomic E-state index is 12.6. The first-order chi connectivity index (χ1) is 7.45. The zero-order valence-electron chi connectivity index (χ0n) is 8.66. The quantitative estimate of drug-likeness (QED) is 0.835. The van der Waals surface area contributed by atoms with Gasteiger partial charge in [-0.25, -0.2) is 4.98 Å². The van der Waals surface area contributed by atoms with Crippen molar-refractivity contribution in [1.29, 1.82) is 0 Å². The highest BCUT2D eigenvalue weighted by Crippen LogP contribution is 2.35. The molecule has 0 aliphatic heterocycles. The summed E-state index contributed by atoms with van der Waals surface area (Å²) in [6.07, 6.45) is -3.04. The van der Waals surface area contributed by atoms with Gasteiger partial charge in [0.1, 0.15) is 5.03 Å². The molecule has 0 fully saturated rings. The van der Waals surface area contributed by atoms with Gasteiger partial charge in [0.15, 0.2) is 0 Å². The van der Waals surface area contributed by atoms with E-state index in [0.717, 1.165) is 17.8 Å². The summed E-state index contributed by atoms with van der Waals surface area (Å²) in [6.45, 7) is 1.73. The van der Waals surface area contributed by atoms with Gasteiger partial charge in [-0.05, 0) is 18.1 Å². The Kier molecular flexibility index (Phi) is 4.61. The van der Waals surface area contributed by atoms with Gasteiger partial charge in [-0.3, -0.25) is 0 Å². The van der Waals surface area contributed by atoms with Gasteiger partial charge in [0, 0.05) is 18.6 Å². The standard InChI is InChI=1S/C10H12F3NOS/c1-7(5-15)6-16-9-8(10(11,12)13)3-2-4-14-9/h2-4,7,15H,5-6H2,1H3. The Bertz CT molecular complexity index is 343. The van der Waals surface area contributed by atoms with Crippen LogP contribution in [0.25, 0.3) is 0 Å².